The smallest absolute Gasteiger partial charge is 0.467 e. The Labute approximate surface area is 233 Å². The molecule has 0 saturated heterocycles. The summed E-state index contributed by atoms with van der Waals surface area (Å²) in [6.07, 6.45) is -14.0. The van der Waals surface area contributed by atoms with Crippen LogP contribution in [0.1, 0.15) is 0 Å². The van der Waals surface area contributed by atoms with Crippen molar-refractivity contribution in [3.63, 3.8) is 0 Å². The number of alkyl halides is 10. The molecule has 0 unspecified atom stereocenters. The van der Waals surface area contributed by atoms with Gasteiger partial charge < -0.3 is 14.3 Å². The lowest BCUT2D eigenvalue weighted by Gasteiger charge is -2.31. The standard InChI is InChI=1S/C18H14O2S.C4F10NO4S2/c19-14-6-10-17(11-7-14)21(16-4-2-1-3-5-16)18-12-8-15(20)9-13-18;5-1(6,7)3(11,12)20(16,17)15-21(18,19)4(13,14)2(8,9)10/h1-13H,(H-,19,20);/q;-1/p+1. The summed E-state index contributed by atoms with van der Waals surface area (Å²) in [5.74, 6) is 0.530. The van der Waals surface area contributed by atoms with Crippen molar-refractivity contribution >= 4 is 30.9 Å². The van der Waals surface area contributed by atoms with Gasteiger partial charge in [0.05, 0.1) is 10.9 Å². The van der Waals surface area contributed by atoms with Crippen LogP contribution < -0.4 is 0 Å². The van der Waals surface area contributed by atoms with Crippen molar-refractivity contribution in [2.75, 3.05) is 0 Å². The number of hydrogen-bond acceptors (Lipinski definition) is 6. The van der Waals surface area contributed by atoms with Crippen molar-refractivity contribution in [2.24, 2.45) is 0 Å². The highest BCUT2D eigenvalue weighted by atomic mass is 32.3. The molecular formula is C22H15F10NO6S3. The van der Waals surface area contributed by atoms with E-state index < -0.39 is 42.9 Å². The van der Waals surface area contributed by atoms with Gasteiger partial charge >= 0.3 is 22.9 Å². The van der Waals surface area contributed by atoms with E-state index in [2.05, 4.69) is 12.1 Å². The minimum absolute atomic E-state index is 0.253. The fourth-order valence-corrected chi connectivity index (χ4v) is 7.07. The molecule has 0 saturated carbocycles. The SMILES string of the molecule is O=S(=O)([N-]S(=O)(=O)C(F)(F)C(F)(F)F)C(F)(F)C(F)(F)F.Oc1ccc([S+](c2ccccc2)c2ccc(O)cc2)cc1. The first kappa shape index (κ1) is 35.0. The summed E-state index contributed by atoms with van der Waals surface area (Å²) in [7, 11) is -15.5. The molecule has 0 amide bonds. The zero-order valence-electron chi connectivity index (χ0n) is 20.0. The number of phenolic OH excluding ortho intramolecular Hbond substituents is 2. The third kappa shape index (κ3) is 7.58. The largest absolute Gasteiger partial charge is 0.508 e. The Morgan fingerprint density at radius 1 is 0.500 bits per heavy atom. The summed E-state index contributed by atoms with van der Waals surface area (Å²) in [6.45, 7) is 0. The first-order valence-corrected chi connectivity index (χ1v) is 14.5. The fourth-order valence-electron chi connectivity index (χ4n) is 2.64. The second kappa shape index (κ2) is 12.2. The number of sulfonamides is 2. The lowest BCUT2D eigenvalue weighted by atomic mass is 10.3. The zero-order chi connectivity index (χ0) is 32.4. The fraction of sp³-hybridized carbons (Fsp3) is 0.182. The molecular weight excluding hydrogens is 660 g/mol. The van der Waals surface area contributed by atoms with E-state index in [1.165, 1.54) is 4.90 Å². The molecule has 0 aromatic heterocycles. The van der Waals surface area contributed by atoms with Gasteiger partial charge in [-0.2, -0.15) is 43.9 Å². The van der Waals surface area contributed by atoms with Crippen molar-refractivity contribution in [1.29, 1.82) is 0 Å². The minimum Gasteiger partial charge on any atom is -0.508 e. The van der Waals surface area contributed by atoms with Gasteiger partial charge in [-0.25, -0.2) is 16.8 Å². The number of rotatable bonds is 7. The van der Waals surface area contributed by atoms with Crippen molar-refractivity contribution in [1.82, 2.24) is 0 Å². The van der Waals surface area contributed by atoms with Crippen LogP contribution in [0.2, 0.25) is 0 Å². The van der Waals surface area contributed by atoms with Gasteiger partial charge in [-0.05, 0) is 60.7 Å². The van der Waals surface area contributed by atoms with Gasteiger partial charge in [-0.1, -0.05) is 18.2 Å². The summed E-state index contributed by atoms with van der Waals surface area (Å²) in [5, 5.41) is 4.99. The molecule has 3 aromatic carbocycles. The molecule has 20 heteroatoms. The number of phenols is 2. The molecule has 0 aliphatic carbocycles. The van der Waals surface area contributed by atoms with Crippen LogP contribution in [0.4, 0.5) is 43.9 Å². The Morgan fingerprint density at radius 3 is 1.07 bits per heavy atom. The van der Waals surface area contributed by atoms with Gasteiger partial charge in [0.1, 0.15) is 11.5 Å². The van der Waals surface area contributed by atoms with Crippen LogP contribution in [0, 0.1) is 0 Å². The third-order valence-electron chi connectivity index (χ3n) is 4.63. The Bertz CT molecular complexity index is 1460. The average molecular weight is 676 g/mol. The van der Waals surface area contributed by atoms with Crippen LogP contribution in [-0.4, -0.2) is 49.9 Å². The molecule has 3 aromatic rings. The van der Waals surface area contributed by atoms with E-state index in [1.807, 2.05) is 42.5 Å². The molecule has 0 fully saturated rings. The maximum atomic E-state index is 12.3. The highest BCUT2D eigenvalue weighted by molar-refractivity contribution is 8.13. The lowest BCUT2D eigenvalue weighted by Crippen LogP contribution is -2.48. The van der Waals surface area contributed by atoms with Gasteiger partial charge in [-0.3, -0.25) is 0 Å². The van der Waals surface area contributed by atoms with Gasteiger partial charge in [0, 0.05) is 0 Å². The maximum absolute atomic E-state index is 12.3. The molecule has 0 aliphatic heterocycles. The number of benzene rings is 3. The third-order valence-corrected chi connectivity index (χ3v) is 10.2. The first-order chi connectivity index (χ1) is 18.9. The number of halogens is 10. The van der Waals surface area contributed by atoms with Crippen molar-refractivity contribution in [3.8, 4) is 11.5 Å². The number of aromatic hydroxyl groups is 2. The molecule has 0 spiro atoms. The second-order valence-electron chi connectivity index (χ2n) is 7.66. The van der Waals surface area contributed by atoms with Gasteiger partial charge in [0.15, 0.2) is 34.7 Å². The molecule has 0 aliphatic rings. The van der Waals surface area contributed by atoms with Crippen LogP contribution in [0.25, 0.3) is 4.13 Å². The molecule has 0 radical (unpaired) electrons. The van der Waals surface area contributed by atoms with Gasteiger partial charge in [-0.15, -0.1) is 0 Å². The maximum Gasteiger partial charge on any atom is 0.467 e. The summed E-state index contributed by atoms with van der Waals surface area (Å²) in [4.78, 5) is 3.46. The molecule has 7 nitrogen and oxygen atoms in total. The topological polar surface area (TPSA) is 123 Å². The van der Waals surface area contributed by atoms with Crippen LogP contribution in [0.15, 0.2) is 93.5 Å². The van der Waals surface area contributed by atoms with Gasteiger partial charge in [0.2, 0.25) is 0 Å². The van der Waals surface area contributed by atoms with E-state index >= 15 is 0 Å². The normalized spacial score (nSPS) is 13.4. The van der Waals surface area contributed by atoms with E-state index in [9.17, 15) is 71.0 Å². The lowest BCUT2D eigenvalue weighted by molar-refractivity contribution is -0.241. The van der Waals surface area contributed by atoms with Crippen LogP contribution >= 0.6 is 0 Å². The zero-order valence-corrected chi connectivity index (χ0v) is 22.4. The quantitative estimate of drug-likeness (QED) is 0.217. The van der Waals surface area contributed by atoms with Crippen LogP contribution in [-0.2, 0) is 30.9 Å². The molecule has 42 heavy (non-hydrogen) atoms. The molecule has 232 valence electrons. The molecule has 0 bridgehead atoms. The first-order valence-electron chi connectivity index (χ1n) is 10.4. The van der Waals surface area contributed by atoms with E-state index in [1.54, 1.807) is 24.3 Å². The van der Waals surface area contributed by atoms with Crippen molar-refractivity contribution in [2.45, 2.75) is 37.5 Å². The summed E-state index contributed by atoms with van der Waals surface area (Å²) in [5.41, 5.74) is 0. The van der Waals surface area contributed by atoms with Crippen molar-refractivity contribution < 1.29 is 71.0 Å². The highest BCUT2D eigenvalue weighted by Gasteiger charge is 2.68. The Kier molecular flexibility index (Phi) is 10.1. The van der Waals surface area contributed by atoms with Crippen LogP contribution in [0.5, 0.6) is 11.5 Å². The summed E-state index contributed by atoms with van der Waals surface area (Å²) >= 11 is 0. The minimum atomic E-state index is -7.62. The Balaban J connectivity index is 0.000000293. The molecule has 0 heterocycles. The van der Waals surface area contributed by atoms with E-state index in [0.29, 0.717) is 4.13 Å². The van der Waals surface area contributed by atoms with E-state index in [4.69, 9.17) is 0 Å². The number of hydrogen-bond donors (Lipinski definition) is 2. The van der Waals surface area contributed by atoms with E-state index in [0.717, 1.165) is 9.79 Å². The highest BCUT2D eigenvalue weighted by Crippen LogP contribution is 2.47. The van der Waals surface area contributed by atoms with Gasteiger partial charge in [0.25, 0.3) is 0 Å². The Morgan fingerprint density at radius 2 is 0.786 bits per heavy atom. The predicted octanol–water partition coefficient (Wildman–Crippen LogP) is 6.52. The Hall–Kier alpha value is -3.23. The summed E-state index contributed by atoms with van der Waals surface area (Å²) in [6, 6.07) is 24.8. The van der Waals surface area contributed by atoms with Crippen LogP contribution in [0.3, 0.4) is 0 Å². The second-order valence-corrected chi connectivity index (χ2v) is 13.2. The molecule has 2 N–H and O–H groups in total. The summed E-state index contributed by atoms with van der Waals surface area (Å²) < 4.78 is 161. The average Bonchev–Trinajstić information content (AvgIpc) is 2.85. The molecule has 3 rings (SSSR count). The monoisotopic (exact) mass is 675 g/mol. The van der Waals surface area contributed by atoms with Crippen molar-refractivity contribution in [3.05, 3.63) is 83.0 Å². The number of nitrogens with zero attached hydrogens (tertiary/aromatic N) is 1. The predicted molar refractivity (Wildman–Crippen MR) is 128 cm³/mol. The van der Waals surface area contributed by atoms with E-state index in [-0.39, 0.29) is 22.4 Å². The molecule has 0 atom stereocenters.